The van der Waals surface area contributed by atoms with Crippen molar-refractivity contribution in [1.82, 2.24) is 4.83 Å². The number of benzene rings is 2. The van der Waals surface area contributed by atoms with E-state index in [1.165, 1.54) is 25.5 Å². The second-order valence-corrected chi connectivity index (χ2v) is 7.84. The van der Waals surface area contributed by atoms with Gasteiger partial charge in [-0.25, -0.2) is 0 Å². The van der Waals surface area contributed by atoms with E-state index in [1.54, 1.807) is 18.2 Å². The largest absolute Gasteiger partial charge is 0.495 e. The highest BCUT2D eigenvalue weighted by atomic mass is 35.5. The Labute approximate surface area is 165 Å². The maximum absolute atomic E-state index is 12.4. The fourth-order valence-corrected chi connectivity index (χ4v) is 3.50. The van der Waals surface area contributed by atoms with Gasteiger partial charge in [-0.15, -0.1) is 0 Å². The van der Waals surface area contributed by atoms with Crippen LogP contribution < -0.4 is 14.3 Å². The van der Waals surface area contributed by atoms with Crippen LogP contribution in [0.5, 0.6) is 11.5 Å². The van der Waals surface area contributed by atoms with Crippen LogP contribution in [-0.2, 0) is 10.0 Å². The van der Waals surface area contributed by atoms with E-state index in [-0.39, 0.29) is 15.7 Å². The SMILES string of the molecule is CCCCCOc1ccc(/C=N/NS(=O)(=O)c2cc(Cl)ccc2OC)cc1. The first-order valence-corrected chi connectivity index (χ1v) is 10.4. The molecule has 0 heterocycles. The number of ether oxygens (including phenoxy) is 2. The standard InChI is InChI=1S/C19H23ClN2O4S/c1-3-4-5-12-26-17-9-6-15(7-10-17)14-21-22-27(23,24)19-13-16(20)8-11-18(19)25-2/h6-11,13-14,22H,3-5,12H2,1-2H3/b21-14+. The fourth-order valence-electron chi connectivity index (χ4n) is 2.27. The van der Waals surface area contributed by atoms with Gasteiger partial charge in [-0.05, 0) is 54.4 Å². The third kappa shape index (κ3) is 6.45. The van der Waals surface area contributed by atoms with Crippen molar-refractivity contribution in [1.29, 1.82) is 0 Å². The number of hydrogen-bond acceptors (Lipinski definition) is 5. The van der Waals surface area contributed by atoms with Crippen molar-refractivity contribution in [3.63, 3.8) is 0 Å². The minimum atomic E-state index is -3.90. The molecule has 1 N–H and O–H groups in total. The molecule has 0 aliphatic carbocycles. The van der Waals surface area contributed by atoms with Crippen LogP contribution in [0.1, 0.15) is 31.7 Å². The molecule has 0 saturated heterocycles. The predicted molar refractivity (Wildman–Crippen MR) is 107 cm³/mol. The number of methoxy groups -OCH3 is 1. The summed E-state index contributed by atoms with van der Waals surface area (Å²) in [6, 6.07) is 11.6. The highest BCUT2D eigenvalue weighted by Crippen LogP contribution is 2.26. The van der Waals surface area contributed by atoms with Crippen molar-refractivity contribution in [2.24, 2.45) is 5.10 Å². The molecule has 2 aromatic rings. The molecule has 0 atom stereocenters. The Hall–Kier alpha value is -2.25. The quantitative estimate of drug-likeness (QED) is 0.361. The molecule has 0 aliphatic rings. The third-order valence-corrected chi connectivity index (χ3v) is 5.18. The summed E-state index contributed by atoms with van der Waals surface area (Å²) < 4.78 is 35.5. The van der Waals surface area contributed by atoms with Crippen LogP contribution >= 0.6 is 11.6 Å². The van der Waals surface area contributed by atoms with E-state index in [9.17, 15) is 8.42 Å². The number of hydrazone groups is 1. The van der Waals surface area contributed by atoms with E-state index >= 15 is 0 Å². The van der Waals surface area contributed by atoms with Crippen LogP contribution in [-0.4, -0.2) is 28.3 Å². The zero-order chi connectivity index (χ0) is 19.7. The molecule has 0 bridgehead atoms. The Balaban J connectivity index is 1.99. The van der Waals surface area contributed by atoms with Crippen LogP contribution in [0.3, 0.4) is 0 Å². The second kappa shape index (κ2) is 10.2. The van der Waals surface area contributed by atoms with E-state index in [2.05, 4.69) is 16.9 Å². The summed E-state index contributed by atoms with van der Waals surface area (Å²) in [5, 5.41) is 4.10. The molecule has 0 radical (unpaired) electrons. The van der Waals surface area contributed by atoms with Gasteiger partial charge in [0, 0.05) is 5.02 Å². The average molecular weight is 411 g/mol. The summed E-state index contributed by atoms with van der Waals surface area (Å²) in [4.78, 5) is 2.08. The van der Waals surface area contributed by atoms with Gasteiger partial charge < -0.3 is 9.47 Å². The van der Waals surface area contributed by atoms with E-state index in [4.69, 9.17) is 21.1 Å². The zero-order valence-corrected chi connectivity index (χ0v) is 16.9. The lowest BCUT2D eigenvalue weighted by Gasteiger charge is -2.09. The summed E-state index contributed by atoms with van der Waals surface area (Å²) >= 11 is 5.88. The van der Waals surface area contributed by atoms with E-state index in [1.807, 2.05) is 12.1 Å². The second-order valence-electron chi connectivity index (χ2n) is 5.77. The fraction of sp³-hybridized carbons (Fsp3) is 0.316. The van der Waals surface area contributed by atoms with Crippen LogP contribution in [0.15, 0.2) is 52.5 Å². The molecule has 27 heavy (non-hydrogen) atoms. The number of halogens is 1. The number of rotatable bonds is 10. The van der Waals surface area contributed by atoms with Crippen molar-refractivity contribution in [3.8, 4) is 11.5 Å². The predicted octanol–water partition coefficient (Wildman–Crippen LogP) is 4.23. The first-order chi connectivity index (χ1) is 13.0. The minimum absolute atomic E-state index is 0.0783. The summed E-state index contributed by atoms with van der Waals surface area (Å²) in [7, 11) is -2.52. The van der Waals surface area contributed by atoms with E-state index in [0.29, 0.717) is 6.61 Å². The Morgan fingerprint density at radius 2 is 1.89 bits per heavy atom. The van der Waals surface area contributed by atoms with Crippen LogP contribution in [0.2, 0.25) is 5.02 Å². The number of unbranched alkanes of at least 4 members (excludes halogenated alkanes) is 2. The van der Waals surface area contributed by atoms with Gasteiger partial charge in [-0.3, -0.25) is 0 Å². The average Bonchev–Trinajstić information content (AvgIpc) is 2.66. The Kier molecular flexibility index (Phi) is 7.94. The molecule has 0 amide bonds. The molecular weight excluding hydrogens is 388 g/mol. The lowest BCUT2D eigenvalue weighted by atomic mass is 10.2. The third-order valence-electron chi connectivity index (χ3n) is 3.70. The molecule has 2 rings (SSSR count). The van der Waals surface area contributed by atoms with E-state index in [0.717, 1.165) is 30.6 Å². The van der Waals surface area contributed by atoms with Gasteiger partial charge in [0.25, 0.3) is 10.0 Å². The van der Waals surface area contributed by atoms with Crippen molar-refractivity contribution < 1.29 is 17.9 Å². The van der Waals surface area contributed by atoms with Gasteiger partial charge in [0.1, 0.15) is 16.4 Å². The Bertz CT molecular complexity index is 868. The molecule has 0 fully saturated rings. The van der Waals surface area contributed by atoms with E-state index < -0.39 is 10.0 Å². The minimum Gasteiger partial charge on any atom is -0.495 e. The smallest absolute Gasteiger partial charge is 0.280 e. The number of nitrogens with one attached hydrogen (secondary N) is 1. The maximum Gasteiger partial charge on any atom is 0.280 e. The monoisotopic (exact) mass is 410 g/mol. The first-order valence-electron chi connectivity index (χ1n) is 8.57. The van der Waals surface area contributed by atoms with Gasteiger partial charge >= 0.3 is 0 Å². The van der Waals surface area contributed by atoms with Crippen LogP contribution in [0.25, 0.3) is 0 Å². The molecular formula is C19H23ClN2O4S. The molecule has 0 saturated carbocycles. The van der Waals surface area contributed by atoms with Crippen molar-refractivity contribution in [2.45, 2.75) is 31.1 Å². The van der Waals surface area contributed by atoms with Crippen molar-refractivity contribution >= 4 is 27.8 Å². The topological polar surface area (TPSA) is 77.0 Å². The van der Waals surface area contributed by atoms with Crippen molar-refractivity contribution in [3.05, 3.63) is 53.1 Å². The lowest BCUT2D eigenvalue weighted by Crippen LogP contribution is -2.19. The molecule has 0 spiro atoms. The number of nitrogens with zero attached hydrogens (tertiary/aromatic N) is 1. The highest BCUT2D eigenvalue weighted by Gasteiger charge is 2.19. The van der Waals surface area contributed by atoms with Gasteiger partial charge in [0.2, 0.25) is 0 Å². The first kappa shape index (κ1) is 21.1. The number of hydrogen-bond donors (Lipinski definition) is 1. The molecule has 6 nitrogen and oxygen atoms in total. The maximum atomic E-state index is 12.4. The summed E-state index contributed by atoms with van der Waals surface area (Å²) in [6.07, 6.45) is 4.72. The molecule has 0 aromatic heterocycles. The molecule has 0 aliphatic heterocycles. The van der Waals surface area contributed by atoms with Gasteiger partial charge in [-0.1, -0.05) is 31.4 Å². The Morgan fingerprint density at radius 3 is 2.56 bits per heavy atom. The van der Waals surface area contributed by atoms with Crippen molar-refractivity contribution in [2.75, 3.05) is 13.7 Å². The van der Waals surface area contributed by atoms with Crippen LogP contribution in [0, 0.1) is 0 Å². The van der Waals surface area contributed by atoms with Gasteiger partial charge in [0.15, 0.2) is 0 Å². The van der Waals surface area contributed by atoms with Gasteiger partial charge in [0.05, 0.1) is 19.9 Å². The molecule has 2 aromatic carbocycles. The van der Waals surface area contributed by atoms with Crippen LogP contribution in [0.4, 0.5) is 0 Å². The summed E-state index contributed by atoms with van der Waals surface area (Å²) in [6.45, 7) is 2.83. The molecule has 8 heteroatoms. The lowest BCUT2D eigenvalue weighted by molar-refractivity contribution is 0.306. The Morgan fingerprint density at radius 1 is 1.15 bits per heavy atom. The zero-order valence-electron chi connectivity index (χ0n) is 15.3. The number of sulfonamides is 1. The summed E-state index contributed by atoms with van der Waals surface area (Å²) in [5.41, 5.74) is 0.733. The molecule has 146 valence electrons. The normalized spacial score (nSPS) is 11.5. The molecule has 0 unspecified atom stereocenters. The van der Waals surface area contributed by atoms with Gasteiger partial charge in [-0.2, -0.15) is 18.4 Å². The summed E-state index contributed by atoms with van der Waals surface area (Å²) in [5.74, 6) is 0.958. The highest BCUT2D eigenvalue weighted by molar-refractivity contribution is 7.89.